The highest BCUT2D eigenvalue weighted by Crippen LogP contribution is 2.20. The van der Waals surface area contributed by atoms with Crippen molar-refractivity contribution in [2.45, 2.75) is 6.54 Å². The van der Waals surface area contributed by atoms with Gasteiger partial charge in [0, 0.05) is 22.8 Å². The Morgan fingerprint density at radius 2 is 2.15 bits per heavy atom. The molecule has 2 aromatic heterocycles. The fourth-order valence-electron chi connectivity index (χ4n) is 2.04. The minimum Gasteiger partial charge on any atom is -0.332 e. The van der Waals surface area contributed by atoms with Crippen molar-refractivity contribution in [1.82, 2.24) is 14.9 Å². The maximum absolute atomic E-state index is 12.2. The zero-order valence-electron chi connectivity index (χ0n) is 10.6. The third-order valence-corrected chi connectivity index (χ3v) is 3.25. The Morgan fingerprint density at radius 1 is 1.25 bits per heavy atom. The molecule has 0 unspecified atom stereocenters. The van der Waals surface area contributed by atoms with E-state index in [-0.39, 0.29) is 6.03 Å². The van der Waals surface area contributed by atoms with E-state index in [4.69, 9.17) is 11.6 Å². The number of fused-ring (bicyclic) bond motifs is 1. The van der Waals surface area contributed by atoms with Gasteiger partial charge in [-0.2, -0.15) is 0 Å². The molecular formula is C15H12ClN3O. The number of nitrogens with one attached hydrogen (secondary N) is 1. The van der Waals surface area contributed by atoms with Gasteiger partial charge in [-0.05, 0) is 36.4 Å². The number of carbonyl (C=O) groups excluding carboxylic acids is 1. The van der Waals surface area contributed by atoms with E-state index in [0.717, 1.165) is 16.6 Å². The summed E-state index contributed by atoms with van der Waals surface area (Å²) in [6, 6.07) is 12.7. The predicted octanol–water partition coefficient (Wildman–Crippen LogP) is 3.45. The van der Waals surface area contributed by atoms with Gasteiger partial charge in [0.15, 0.2) is 0 Å². The number of pyridine rings is 1. The van der Waals surface area contributed by atoms with Crippen LogP contribution in [0.4, 0.5) is 4.79 Å². The Labute approximate surface area is 121 Å². The molecule has 1 N–H and O–H groups in total. The molecule has 0 saturated carbocycles. The first-order chi connectivity index (χ1) is 9.74. The Balaban J connectivity index is 1.79. The number of aromatic nitrogens is 2. The smallest absolute Gasteiger partial charge is 0.326 e. The minimum atomic E-state index is -0.187. The van der Waals surface area contributed by atoms with Gasteiger partial charge in [0.2, 0.25) is 0 Å². The molecule has 0 radical (unpaired) electrons. The van der Waals surface area contributed by atoms with Gasteiger partial charge < -0.3 is 5.32 Å². The van der Waals surface area contributed by atoms with E-state index in [0.29, 0.717) is 11.6 Å². The van der Waals surface area contributed by atoms with Gasteiger partial charge in [-0.1, -0.05) is 17.7 Å². The molecule has 20 heavy (non-hydrogen) atoms. The largest absolute Gasteiger partial charge is 0.332 e. The third kappa shape index (κ3) is 2.51. The Bertz CT molecular complexity index is 752. The highest BCUT2D eigenvalue weighted by molar-refractivity contribution is 6.31. The van der Waals surface area contributed by atoms with Crippen LogP contribution in [0.3, 0.4) is 0 Å². The third-order valence-electron chi connectivity index (χ3n) is 3.02. The van der Waals surface area contributed by atoms with Gasteiger partial charge >= 0.3 is 6.03 Å². The van der Waals surface area contributed by atoms with E-state index in [1.807, 2.05) is 36.4 Å². The van der Waals surface area contributed by atoms with Crippen molar-refractivity contribution in [1.29, 1.82) is 0 Å². The molecule has 0 aliphatic heterocycles. The second-order valence-corrected chi connectivity index (χ2v) is 4.81. The molecule has 0 atom stereocenters. The molecule has 2 heterocycles. The summed E-state index contributed by atoms with van der Waals surface area (Å²) in [5, 5.41) is 4.43. The molecule has 3 rings (SSSR count). The van der Waals surface area contributed by atoms with Crippen molar-refractivity contribution >= 4 is 28.5 Å². The van der Waals surface area contributed by atoms with Gasteiger partial charge in [0.05, 0.1) is 17.8 Å². The lowest BCUT2D eigenvalue weighted by Gasteiger charge is -2.06. The van der Waals surface area contributed by atoms with Gasteiger partial charge in [0.25, 0.3) is 0 Å². The summed E-state index contributed by atoms with van der Waals surface area (Å²) >= 11 is 5.93. The molecule has 0 saturated heterocycles. The lowest BCUT2D eigenvalue weighted by Crippen LogP contribution is -2.27. The van der Waals surface area contributed by atoms with Gasteiger partial charge in [-0.25, -0.2) is 4.79 Å². The summed E-state index contributed by atoms with van der Waals surface area (Å²) in [5.41, 5.74) is 1.65. The number of halogens is 1. The van der Waals surface area contributed by atoms with Crippen LogP contribution in [0, 0.1) is 0 Å². The van der Waals surface area contributed by atoms with Crippen LogP contribution in [-0.4, -0.2) is 15.6 Å². The summed E-state index contributed by atoms with van der Waals surface area (Å²) < 4.78 is 1.56. The first-order valence-electron chi connectivity index (χ1n) is 6.19. The number of carbonyl (C=O) groups is 1. The van der Waals surface area contributed by atoms with Crippen molar-refractivity contribution in [3.63, 3.8) is 0 Å². The Morgan fingerprint density at radius 3 is 2.95 bits per heavy atom. The van der Waals surface area contributed by atoms with Crippen LogP contribution in [0.15, 0.2) is 54.9 Å². The quantitative estimate of drug-likeness (QED) is 0.784. The Hall–Kier alpha value is -2.33. The first kappa shape index (κ1) is 12.7. The molecule has 1 aromatic carbocycles. The van der Waals surface area contributed by atoms with Crippen molar-refractivity contribution < 1.29 is 4.79 Å². The molecule has 3 aromatic rings. The van der Waals surface area contributed by atoms with Crippen LogP contribution in [-0.2, 0) is 6.54 Å². The number of rotatable bonds is 2. The second-order valence-electron chi connectivity index (χ2n) is 4.37. The summed E-state index contributed by atoms with van der Waals surface area (Å²) in [6.45, 7) is 0.396. The van der Waals surface area contributed by atoms with E-state index >= 15 is 0 Å². The average Bonchev–Trinajstić information content (AvgIpc) is 2.89. The van der Waals surface area contributed by atoms with E-state index in [2.05, 4.69) is 10.3 Å². The number of hydrogen-bond donors (Lipinski definition) is 1. The van der Waals surface area contributed by atoms with Crippen LogP contribution in [0.2, 0.25) is 5.02 Å². The molecule has 100 valence electrons. The first-order valence-corrected chi connectivity index (χ1v) is 6.56. The average molecular weight is 286 g/mol. The SMILES string of the molecule is O=C(NCc1ccccn1)n1ccc2cc(Cl)ccc21. The summed E-state index contributed by atoms with van der Waals surface area (Å²) in [6.07, 6.45) is 3.43. The molecule has 0 bridgehead atoms. The maximum atomic E-state index is 12.2. The van der Waals surface area contributed by atoms with Crippen molar-refractivity contribution in [2.75, 3.05) is 0 Å². The summed E-state index contributed by atoms with van der Waals surface area (Å²) in [4.78, 5) is 16.3. The van der Waals surface area contributed by atoms with E-state index in [9.17, 15) is 4.79 Å². The van der Waals surface area contributed by atoms with E-state index in [1.54, 1.807) is 23.0 Å². The molecule has 0 spiro atoms. The fraction of sp³-hybridized carbons (Fsp3) is 0.0667. The zero-order chi connectivity index (χ0) is 13.9. The Kier molecular flexibility index (Phi) is 3.39. The van der Waals surface area contributed by atoms with Crippen LogP contribution < -0.4 is 5.32 Å². The van der Waals surface area contributed by atoms with Crippen molar-refractivity contribution in [3.8, 4) is 0 Å². The summed E-state index contributed by atoms with van der Waals surface area (Å²) in [5.74, 6) is 0. The number of hydrogen-bond acceptors (Lipinski definition) is 2. The number of benzene rings is 1. The van der Waals surface area contributed by atoms with Gasteiger partial charge in [0.1, 0.15) is 0 Å². The minimum absolute atomic E-state index is 0.187. The van der Waals surface area contributed by atoms with Crippen LogP contribution in [0.25, 0.3) is 10.9 Å². The monoisotopic (exact) mass is 285 g/mol. The van der Waals surface area contributed by atoms with Gasteiger partial charge in [-0.15, -0.1) is 0 Å². The lowest BCUT2D eigenvalue weighted by atomic mass is 10.2. The fourth-order valence-corrected chi connectivity index (χ4v) is 2.23. The second kappa shape index (κ2) is 5.35. The van der Waals surface area contributed by atoms with Crippen LogP contribution in [0.5, 0.6) is 0 Å². The maximum Gasteiger partial charge on any atom is 0.326 e. The molecular weight excluding hydrogens is 274 g/mol. The molecule has 1 amide bonds. The molecule has 5 heteroatoms. The molecule has 0 aliphatic rings. The van der Waals surface area contributed by atoms with E-state index < -0.39 is 0 Å². The highest BCUT2D eigenvalue weighted by atomic mass is 35.5. The predicted molar refractivity (Wildman–Crippen MR) is 78.8 cm³/mol. The molecule has 4 nitrogen and oxygen atoms in total. The summed E-state index contributed by atoms with van der Waals surface area (Å²) in [7, 11) is 0. The van der Waals surface area contributed by atoms with Crippen LogP contribution >= 0.6 is 11.6 Å². The van der Waals surface area contributed by atoms with E-state index in [1.165, 1.54) is 0 Å². The molecule has 0 fully saturated rings. The molecule has 0 aliphatic carbocycles. The van der Waals surface area contributed by atoms with Crippen molar-refractivity contribution in [2.24, 2.45) is 0 Å². The number of amides is 1. The number of nitrogens with zero attached hydrogens (tertiary/aromatic N) is 2. The topological polar surface area (TPSA) is 46.9 Å². The lowest BCUT2D eigenvalue weighted by molar-refractivity contribution is 0.243. The standard InChI is InChI=1S/C15H12ClN3O/c16-12-4-5-14-11(9-12)6-8-19(14)15(20)18-10-13-3-1-2-7-17-13/h1-9H,10H2,(H,18,20). The highest BCUT2D eigenvalue weighted by Gasteiger charge is 2.08. The zero-order valence-corrected chi connectivity index (χ0v) is 11.3. The van der Waals surface area contributed by atoms with Crippen LogP contribution in [0.1, 0.15) is 5.69 Å². The van der Waals surface area contributed by atoms with Crippen molar-refractivity contribution in [3.05, 3.63) is 65.6 Å². The van der Waals surface area contributed by atoms with Gasteiger partial charge in [-0.3, -0.25) is 9.55 Å². The normalized spacial score (nSPS) is 10.7.